The highest BCUT2D eigenvalue weighted by atomic mass is 35.5. The van der Waals surface area contributed by atoms with E-state index < -0.39 is 11.7 Å². The fourth-order valence-electron chi connectivity index (χ4n) is 3.10. The molecule has 2 aromatic carbocycles. The largest absolute Gasteiger partial charge is 0.312 e. The maximum atomic E-state index is 12.4. The van der Waals surface area contributed by atoms with E-state index in [1.54, 1.807) is 29.5 Å². The first-order valence-corrected chi connectivity index (χ1v) is 9.48. The zero-order chi connectivity index (χ0) is 18.4. The molecule has 1 amide bonds. The summed E-state index contributed by atoms with van der Waals surface area (Å²) in [7, 11) is 2.00. The summed E-state index contributed by atoms with van der Waals surface area (Å²) in [5.74, 6) is -0.999. The quantitative estimate of drug-likeness (QED) is 0.701. The van der Waals surface area contributed by atoms with Crippen molar-refractivity contribution in [3.8, 4) is 0 Å². The van der Waals surface area contributed by atoms with E-state index in [-0.39, 0.29) is 6.04 Å². The number of amides is 1. The minimum absolute atomic E-state index is 0.0895. The van der Waals surface area contributed by atoms with E-state index in [0.29, 0.717) is 22.9 Å². The van der Waals surface area contributed by atoms with Crippen LogP contribution in [0.2, 0.25) is 5.02 Å². The van der Waals surface area contributed by atoms with Crippen LogP contribution < -0.4 is 9.80 Å². The Morgan fingerprint density at radius 2 is 2.00 bits per heavy atom. The third kappa shape index (κ3) is 2.80. The van der Waals surface area contributed by atoms with E-state index in [4.69, 9.17) is 16.6 Å². The summed E-state index contributed by atoms with van der Waals surface area (Å²) in [6.07, 6.45) is 0. The number of benzene rings is 2. The molecule has 0 saturated heterocycles. The van der Waals surface area contributed by atoms with Gasteiger partial charge in [-0.2, -0.15) is 0 Å². The molecule has 1 unspecified atom stereocenters. The smallest absolute Gasteiger partial charge is 0.303 e. The van der Waals surface area contributed by atoms with Crippen molar-refractivity contribution in [3.05, 3.63) is 58.1 Å². The molecule has 0 radical (unpaired) electrons. The number of ketones is 1. The van der Waals surface area contributed by atoms with Crippen molar-refractivity contribution >= 4 is 50.5 Å². The molecule has 5 nitrogen and oxygen atoms in total. The zero-order valence-corrected chi connectivity index (χ0v) is 15.9. The molecule has 3 aromatic rings. The van der Waals surface area contributed by atoms with Crippen LogP contribution in [0.1, 0.15) is 28.3 Å². The van der Waals surface area contributed by atoms with Gasteiger partial charge < -0.3 is 4.90 Å². The minimum atomic E-state index is -0.502. The van der Waals surface area contributed by atoms with Gasteiger partial charge in [0.15, 0.2) is 11.7 Å². The number of para-hydroxylation sites is 1. The highest BCUT2D eigenvalue weighted by Gasteiger charge is 2.38. The Morgan fingerprint density at radius 1 is 1.23 bits per heavy atom. The zero-order valence-electron chi connectivity index (χ0n) is 14.3. The predicted molar refractivity (Wildman–Crippen MR) is 103 cm³/mol. The Morgan fingerprint density at radius 3 is 2.77 bits per heavy atom. The first kappa shape index (κ1) is 17.1. The number of anilines is 1. The number of halogens is 1. The van der Waals surface area contributed by atoms with Crippen LogP contribution in [0.15, 0.2) is 42.5 Å². The van der Waals surface area contributed by atoms with Crippen molar-refractivity contribution in [1.82, 2.24) is 4.98 Å². The molecule has 0 aliphatic carbocycles. The second kappa shape index (κ2) is 6.46. The molecule has 0 spiro atoms. The van der Waals surface area contributed by atoms with Crippen LogP contribution in [-0.2, 0) is 4.79 Å². The summed E-state index contributed by atoms with van der Waals surface area (Å²) in [5.41, 5.74) is 1.99. The van der Waals surface area contributed by atoms with Gasteiger partial charge in [0.1, 0.15) is 6.04 Å². The summed E-state index contributed by atoms with van der Waals surface area (Å²) < 4.78 is 1.15. The molecule has 0 saturated carbocycles. The van der Waals surface area contributed by atoms with Crippen LogP contribution in [0.25, 0.3) is 10.2 Å². The van der Waals surface area contributed by atoms with Gasteiger partial charge in [-0.3, -0.25) is 14.5 Å². The average Bonchev–Trinajstić information content (AvgIpc) is 3.16. The van der Waals surface area contributed by atoms with E-state index in [1.165, 1.54) is 4.90 Å². The number of aromatic nitrogens is 1. The Kier molecular flexibility index (Phi) is 4.26. The van der Waals surface area contributed by atoms with E-state index >= 15 is 0 Å². The van der Waals surface area contributed by atoms with Crippen LogP contribution in [-0.4, -0.2) is 30.4 Å². The van der Waals surface area contributed by atoms with Crippen molar-refractivity contribution in [1.29, 1.82) is 0 Å². The summed E-state index contributed by atoms with van der Waals surface area (Å²) >= 11 is 7.63. The summed E-state index contributed by atoms with van der Waals surface area (Å²) in [5, 5.41) is 1.47. The molecule has 1 aliphatic heterocycles. The maximum Gasteiger partial charge on any atom is 0.303 e. The van der Waals surface area contributed by atoms with Crippen molar-refractivity contribution < 1.29 is 14.5 Å². The van der Waals surface area contributed by atoms with Crippen LogP contribution in [0.5, 0.6) is 0 Å². The Balaban J connectivity index is 1.59. The van der Waals surface area contributed by atoms with Gasteiger partial charge in [0, 0.05) is 5.02 Å². The molecular weight excluding hydrogens is 370 g/mol. The molecule has 0 bridgehead atoms. The monoisotopic (exact) mass is 386 g/mol. The van der Waals surface area contributed by atoms with E-state index in [1.807, 2.05) is 25.2 Å². The second-order valence-corrected chi connectivity index (χ2v) is 7.97. The number of quaternary nitrogens is 1. The number of nitrogens with one attached hydrogen (secondary N) is 1. The number of rotatable bonds is 4. The van der Waals surface area contributed by atoms with E-state index in [0.717, 1.165) is 20.1 Å². The van der Waals surface area contributed by atoms with Crippen molar-refractivity contribution in [2.24, 2.45) is 0 Å². The number of hydrogen-bond acceptors (Lipinski definition) is 4. The molecule has 0 fully saturated rings. The molecule has 26 heavy (non-hydrogen) atoms. The molecule has 1 aromatic heterocycles. The molecule has 1 N–H and O–H groups in total. The topological polar surface area (TPSA) is 54.7 Å². The average molecular weight is 387 g/mol. The summed E-state index contributed by atoms with van der Waals surface area (Å²) in [4.78, 5) is 32.0. The molecule has 2 atom stereocenters. The Hall–Kier alpha value is -2.28. The third-order valence-corrected chi connectivity index (χ3v) is 6.22. The normalized spacial score (nSPS) is 16.2. The fourth-order valence-corrected chi connectivity index (χ4v) is 4.39. The van der Waals surface area contributed by atoms with Crippen LogP contribution >= 0.6 is 22.9 Å². The number of carbonyl (C=O) groups excluding carboxylic acids is 2. The minimum Gasteiger partial charge on any atom is -0.312 e. The molecular formula is C19H17ClN3O2S+. The van der Waals surface area contributed by atoms with Gasteiger partial charge in [-0.05, 0) is 37.3 Å². The second-order valence-electron chi connectivity index (χ2n) is 6.47. The highest BCUT2D eigenvalue weighted by Crippen LogP contribution is 2.30. The lowest BCUT2D eigenvalue weighted by atomic mass is 10.1. The van der Waals surface area contributed by atoms with Crippen molar-refractivity contribution in [2.75, 3.05) is 18.6 Å². The highest BCUT2D eigenvalue weighted by molar-refractivity contribution is 7.18. The Bertz CT molecular complexity index is 1000. The molecule has 1 aliphatic rings. The maximum absolute atomic E-state index is 12.4. The number of Topliss-reactive ketones (excluding diaryl/α,β-unsaturated/α-hetero) is 1. The van der Waals surface area contributed by atoms with Crippen molar-refractivity contribution in [3.63, 3.8) is 0 Å². The SMILES string of the molecule is C[C@@H](c1nc2ccccc2s1)[NH+](C)CN1C(=O)C(=O)c2cc(Cl)ccc21. The van der Waals surface area contributed by atoms with E-state index in [9.17, 15) is 9.59 Å². The molecule has 132 valence electrons. The van der Waals surface area contributed by atoms with Gasteiger partial charge in [-0.15, -0.1) is 11.3 Å². The number of hydrogen-bond donors (Lipinski definition) is 1. The Labute approximate surface area is 159 Å². The van der Waals surface area contributed by atoms with Gasteiger partial charge >= 0.3 is 5.91 Å². The predicted octanol–water partition coefficient (Wildman–Crippen LogP) is 2.71. The van der Waals surface area contributed by atoms with Crippen LogP contribution in [0.4, 0.5) is 5.69 Å². The van der Waals surface area contributed by atoms with Gasteiger partial charge in [-0.1, -0.05) is 23.7 Å². The van der Waals surface area contributed by atoms with Crippen molar-refractivity contribution in [2.45, 2.75) is 13.0 Å². The van der Waals surface area contributed by atoms with Gasteiger partial charge in [-0.25, -0.2) is 4.98 Å². The number of thiazole rings is 1. The third-order valence-electron chi connectivity index (χ3n) is 4.76. The molecule has 7 heteroatoms. The number of carbonyl (C=O) groups is 2. The first-order chi connectivity index (χ1) is 12.5. The van der Waals surface area contributed by atoms with Crippen LogP contribution in [0.3, 0.4) is 0 Å². The summed E-state index contributed by atoms with van der Waals surface area (Å²) in [6.45, 7) is 2.47. The lowest BCUT2D eigenvalue weighted by Crippen LogP contribution is -3.10. The number of nitrogens with zero attached hydrogens (tertiary/aromatic N) is 2. The van der Waals surface area contributed by atoms with Gasteiger partial charge in [0.05, 0.1) is 28.5 Å². The molecule has 2 heterocycles. The lowest BCUT2D eigenvalue weighted by molar-refractivity contribution is -0.908. The first-order valence-electron chi connectivity index (χ1n) is 8.29. The molecule has 4 rings (SSSR count). The van der Waals surface area contributed by atoms with Gasteiger partial charge in [0.25, 0.3) is 5.78 Å². The lowest BCUT2D eigenvalue weighted by Gasteiger charge is -2.25. The van der Waals surface area contributed by atoms with Gasteiger partial charge in [0.2, 0.25) is 0 Å². The number of fused-ring (bicyclic) bond motifs is 2. The van der Waals surface area contributed by atoms with Crippen LogP contribution in [0, 0.1) is 0 Å². The fraction of sp³-hybridized carbons (Fsp3) is 0.211. The van der Waals surface area contributed by atoms with E-state index in [2.05, 4.69) is 13.0 Å². The summed E-state index contributed by atoms with van der Waals surface area (Å²) in [6, 6.07) is 13.1. The standard InChI is InChI=1S/C19H16ClN3O2S/c1-11(18-21-14-5-3-4-6-16(14)26-18)22(2)10-23-15-8-7-12(20)9-13(15)17(24)19(23)25/h3-9,11H,10H2,1-2H3/p+1/t11-/m0/s1.